The van der Waals surface area contributed by atoms with Gasteiger partial charge in [0, 0.05) is 13.1 Å². The zero-order chi connectivity index (χ0) is 14.2. The van der Waals surface area contributed by atoms with E-state index < -0.39 is 18.2 Å². The van der Waals surface area contributed by atoms with Gasteiger partial charge in [0.25, 0.3) is 0 Å². The van der Waals surface area contributed by atoms with Crippen LogP contribution in [0.5, 0.6) is 0 Å². The second-order valence-corrected chi connectivity index (χ2v) is 3.42. The summed E-state index contributed by atoms with van der Waals surface area (Å²) in [6.45, 7) is 1.67. The molecule has 1 unspecified atom stereocenters. The summed E-state index contributed by atoms with van der Waals surface area (Å²) in [6.07, 6.45) is -5.87. The van der Waals surface area contributed by atoms with Gasteiger partial charge in [-0.25, -0.2) is 4.79 Å². The van der Waals surface area contributed by atoms with E-state index in [1.165, 1.54) is 0 Å². The maximum absolute atomic E-state index is 10.6. The lowest BCUT2D eigenvalue weighted by Crippen LogP contribution is -2.55. The van der Waals surface area contributed by atoms with E-state index in [0.29, 0.717) is 6.04 Å². The van der Waals surface area contributed by atoms with E-state index in [1.807, 2.05) is 0 Å². The van der Waals surface area contributed by atoms with E-state index in [9.17, 15) is 13.2 Å². The Hall–Kier alpha value is -0.940. The normalized spacial score (nSPS) is 17.4. The quantitative estimate of drug-likeness (QED) is 0.387. The number of alkyl halides is 3. The van der Waals surface area contributed by atoms with E-state index >= 15 is 0 Å². The van der Waals surface area contributed by atoms with Crippen LogP contribution >= 0.6 is 0 Å². The highest BCUT2D eigenvalue weighted by atomic mass is 19.4. The van der Waals surface area contributed by atoms with Gasteiger partial charge in [0.2, 0.25) is 0 Å². The molecule has 1 saturated heterocycles. The van der Waals surface area contributed by atoms with Crippen LogP contribution in [0.2, 0.25) is 0 Å². The summed E-state index contributed by atoms with van der Waals surface area (Å²) in [7, 11) is 0. The van der Waals surface area contributed by atoms with E-state index in [4.69, 9.17) is 25.0 Å². The molecule has 0 aromatic rings. The van der Waals surface area contributed by atoms with Gasteiger partial charge in [-0.05, 0) is 0 Å². The van der Waals surface area contributed by atoms with Crippen molar-refractivity contribution in [3.63, 3.8) is 0 Å². The second-order valence-electron chi connectivity index (χ2n) is 3.42. The average molecular weight is 276 g/mol. The summed E-state index contributed by atoms with van der Waals surface area (Å²) in [6, 6.07) is 0.348. The predicted octanol–water partition coefficient (Wildman–Crippen LogP) is -1.53. The maximum Gasteiger partial charge on any atom is 0.490 e. The third-order valence-corrected chi connectivity index (χ3v) is 1.76. The summed E-state index contributed by atoms with van der Waals surface area (Å²) >= 11 is 0. The molecule has 0 saturated carbocycles. The first-order chi connectivity index (χ1) is 8.27. The van der Waals surface area contributed by atoms with Gasteiger partial charge in [-0.15, -0.1) is 0 Å². The summed E-state index contributed by atoms with van der Waals surface area (Å²) in [5.74, 6) is -2.76. The van der Waals surface area contributed by atoms with E-state index in [-0.39, 0.29) is 13.2 Å². The molecule has 18 heavy (non-hydrogen) atoms. The molecule has 0 spiro atoms. The smallest absolute Gasteiger partial charge is 0.475 e. The van der Waals surface area contributed by atoms with Crippen molar-refractivity contribution in [2.45, 2.75) is 18.3 Å². The lowest BCUT2D eigenvalue weighted by molar-refractivity contribution is -0.192. The number of aliphatic carboxylic acids is 1. The summed E-state index contributed by atoms with van der Waals surface area (Å²) in [5, 5.41) is 27.4. The topological polar surface area (TPSA) is 111 Å². The highest BCUT2D eigenvalue weighted by Gasteiger charge is 2.38. The van der Waals surface area contributed by atoms with Gasteiger partial charge in [0.05, 0.1) is 19.3 Å². The molecule has 10 heteroatoms. The molecule has 7 nitrogen and oxygen atoms in total. The highest BCUT2D eigenvalue weighted by Crippen LogP contribution is 2.13. The first kappa shape index (κ1) is 17.1. The molecule has 1 aliphatic heterocycles. The predicted molar refractivity (Wildman–Crippen MR) is 52.5 cm³/mol. The van der Waals surface area contributed by atoms with Crippen LogP contribution in [0.4, 0.5) is 13.2 Å². The molecule has 1 fully saturated rings. The Balaban J connectivity index is 0.000000360. The van der Waals surface area contributed by atoms with E-state index in [2.05, 4.69) is 10.8 Å². The van der Waals surface area contributed by atoms with Gasteiger partial charge in [0.1, 0.15) is 6.10 Å². The van der Waals surface area contributed by atoms with Gasteiger partial charge >= 0.3 is 12.1 Å². The van der Waals surface area contributed by atoms with Crippen LogP contribution in [0.1, 0.15) is 0 Å². The fourth-order valence-electron chi connectivity index (χ4n) is 0.687. The van der Waals surface area contributed by atoms with Crippen LogP contribution in [0.3, 0.4) is 0 Å². The Labute approximate surface area is 101 Å². The molecule has 108 valence electrons. The number of carboxylic acids is 1. The van der Waals surface area contributed by atoms with Gasteiger partial charge in [-0.1, -0.05) is 0 Å². The molecule has 5 N–H and O–H groups in total. The van der Waals surface area contributed by atoms with E-state index in [0.717, 1.165) is 13.1 Å². The lowest BCUT2D eigenvalue weighted by Gasteiger charge is -2.27. The number of carboxylic acid groups (broad SMARTS) is 1. The number of hydrogen-bond donors (Lipinski definition) is 5. The lowest BCUT2D eigenvalue weighted by atomic mass is 10.2. The minimum atomic E-state index is -5.08. The summed E-state index contributed by atoms with van der Waals surface area (Å²) < 4.78 is 31.7. The van der Waals surface area contributed by atoms with Crippen molar-refractivity contribution in [1.82, 2.24) is 10.8 Å². The molecule has 1 atom stereocenters. The van der Waals surface area contributed by atoms with Crippen LogP contribution in [0, 0.1) is 0 Å². The van der Waals surface area contributed by atoms with Crippen molar-refractivity contribution in [3.05, 3.63) is 0 Å². The largest absolute Gasteiger partial charge is 0.490 e. The van der Waals surface area contributed by atoms with Gasteiger partial charge in [0.15, 0.2) is 0 Å². The third kappa shape index (κ3) is 8.20. The molecular weight excluding hydrogens is 261 g/mol. The molecule has 0 amide bonds. The SMILES string of the molecule is O=C(O)C(F)(F)F.OCC(O)CONC1CNC1. The van der Waals surface area contributed by atoms with Gasteiger partial charge < -0.3 is 20.6 Å². The average Bonchev–Trinajstić information content (AvgIpc) is 2.20. The molecule has 0 radical (unpaired) electrons. The fraction of sp³-hybridized carbons (Fsp3) is 0.875. The fourth-order valence-corrected chi connectivity index (χ4v) is 0.687. The minimum absolute atomic E-state index is 0.132. The molecule has 1 rings (SSSR count). The summed E-state index contributed by atoms with van der Waals surface area (Å²) in [4.78, 5) is 13.8. The third-order valence-electron chi connectivity index (χ3n) is 1.76. The van der Waals surface area contributed by atoms with Gasteiger partial charge in [-0.3, -0.25) is 4.84 Å². The van der Waals surface area contributed by atoms with Crippen LogP contribution in [-0.4, -0.2) is 65.9 Å². The first-order valence-electron chi connectivity index (χ1n) is 4.94. The number of hydrogen-bond acceptors (Lipinski definition) is 6. The number of nitrogens with one attached hydrogen (secondary N) is 2. The van der Waals surface area contributed by atoms with Crippen LogP contribution in [0.25, 0.3) is 0 Å². The number of aliphatic hydroxyl groups excluding tert-OH is 2. The zero-order valence-electron chi connectivity index (χ0n) is 9.28. The summed E-state index contributed by atoms with van der Waals surface area (Å²) in [5.41, 5.74) is 2.75. The van der Waals surface area contributed by atoms with Crippen molar-refractivity contribution < 1.29 is 38.1 Å². The Morgan fingerprint density at radius 3 is 2.28 bits per heavy atom. The van der Waals surface area contributed by atoms with Crippen molar-refractivity contribution in [2.75, 3.05) is 26.3 Å². The van der Waals surface area contributed by atoms with Crippen LogP contribution in [0.15, 0.2) is 0 Å². The van der Waals surface area contributed by atoms with Crippen molar-refractivity contribution in [2.24, 2.45) is 0 Å². The monoisotopic (exact) mass is 276 g/mol. The Bertz CT molecular complexity index is 243. The molecular formula is C8H15F3N2O5. The number of rotatable bonds is 5. The standard InChI is InChI=1S/C6H14N2O3.C2HF3O2/c9-3-6(10)4-11-8-5-1-7-2-5;3-2(4,5)1(6)7/h5-10H,1-4H2;(H,6,7). The molecule has 0 bridgehead atoms. The number of aliphatic hydroxyl groups is 2. The van der Waals surface area contributed by atoms with Crippen molar-refractivity contribution >= 4 is 5.97 Å². The van der Waals surface area contributed by atoms with Crippen molar-refractivity contribution in [1.29, 1.82) is 0 Å². The maximum atomic E-state index is 10.6. The molecule has 0 aromatic heterocycles. The zero-order valence-corrected chi connectivity index (χ0v) is 9.28. The van der Waals surface area contributed by atoms with E-state index in [1.54, 1.807) is 0 Å². The Morgan fingerprint density at radius 2 is 2.00 bits per heavy atom. The van der Waals surface area contributed by atoms with Crippen LogP contribution < -0.4 is 10.8 Å². The molecule has 0 aliphatic carbocycles. The Morgan fingerprint density at radius 1 is 1.50 bits per heavy atom. The minimum Gasteiger partial charge on any atom is -0.475 e. The van der Waals surface area contributed by atoms with Crippen molar-refractivity contribution in [3.8, 4) is 0 Å². The molecule has 1 heterocycles. The number of carbonyl (C=O) groups is 1. The molecule has 0 aromatic carbocycles. The highest BCUT2D eigenvalue weighted by molar-refractivity contribution is 5.73. The number of halogens is 3. The first-order valence-corrected chi connectivity index (χ1v) is 4.94. The van der Waals surface area contributed by atoms with Gasteiger partial charge in [-0.2, -0.15) is 18.7 Å². The number of hydroxylamine groups is 1. The Kier molecular flexibility index (Phi) is 7.78. The van der Waals surface area contributed by atoms with Crippen LogP contribution in [-0.2, 0) is 9.63 Å². The molecule has 1 aliphatic rings. The second kappa shape index (κ2) is 8.21.